The summed E-state index contributed by atoms with van der Waals surface area (Å²) in [6, 6.07) is 5.33. The second-order valence-corrected chi connectivity index (χ2v) is 7.43. The zero-order chi connectivity index (χ0) is 13.9. The van der Waals surface area contributed by atoms with Gasteiger partial charge >= 0.3 is 0 Å². The van der Waals surface area contributed by atoms with Crippen molar-refractivity contribution >= 4 is 35.0 Å². The highest BCUT2D eigenvalue weighted by Gasteiger charge is 2.29. The van der Waals surface area contributed by atoms with Crippen LogP contribution in [-0.2, 0) is 0 Å². The molecule has 0 radical (unpaired) electrons. The second-order valence-electron chi connectivity index (χ2n) is 5.31. The van der Waals surface area contributed by atoms with Gasteiger partial charge < -0.3 is 10.8 Å². The fraction of sp³-hybridized carbons (Fsp3) is 0.538. The topological polar surface area (TPSA) is 46.2 Å². The number of halogens is 2. The quantitative estimate of drug-likeness (QED) is 0.831. The van der Waals surface area contributed by atoms with Crippen molar-refractivity contribution in [3.63, 3.8) is 0 Å². The number of nitrogens with two attached hydrogens (primary N) is 1. The van der Waals surface area contributed by atoms with Gasteiger partial charge in [0.2, 0.25) is 0 Å². The van der Waals surface area contributed by atoms with Crippen molar-refractivity contribution < 1.29 is 5.11 Å². The van der Waals surface area contributed by atoms with Crippen LogP contribution in [0.1, 0.15) is 20.8 Å². The Balaban J connectivity index is 2.83. The molecular weight excluding hydrogens is 289 g/mol. The van der Waals surface area contributed by atoms with Crippen molar-refractivity contribution in [3.05, 3.63) is 28.2 Å². The van der Waals surface area contributed by atoms with Gasteiger partial charge in [-0.05, 0) is 23.6 Å². The minimum absolute atomic E-state index is 0.0311. The van der Waals surface area contributed by atoms with Crippen molar-refractivity contribution in [1.29, 1.82) is 0 Å². The summed E-state index contributed by atoms with van der Waals surface area (Å²) in [5.74, 6) is 0. The second kappa shape index (κ2) is 6.49. The molecule has 2 unspecified atom stereocenters. The molecule has 1 rings (SSSR count). The molecule has 2 nitrogen and oxygen atoms in total. The van der Waals surface area contributed by atoms with E-state index >= 15 is 0 Å². The summed E-state index contributed by atoms with van der Waals surface area (Å²) in [7, 11) is 0. The van der Waals surface area contributed by atoms with E-state index in [1.54, 1.807) is 12.1 Å². The zero-order valence-corrected chi connectivity index (χ0v) is 13.1. The van der Waals surface area contributed by atoms with Gasteiger partial charge in [0.05, 0.1) is 16.7 Å². The van der Waals surface area contributed by atoms with Gasteiger partial charge in [0.15, 0.2) is 0 Å². The number of thioether (sulfide) groups is 1. The highest BCUT2D eigenvalue weighted by Crippen LogP contribution is 2.34. The molecule has 3 N–H and O–H groups in total. The predicted octanol–water partition coefficient (Wildman–Crippen LogP) is 3.82. The van der Waals surface area contributed by atoms with Gasteiger partial charge in [-0.3, -0.25) is 0 Å². The fourth-order valence-corrected chi connectivity index (χ4v) is 3.18. The Morgan fingerprint density at radius 2 is 1.89 bits per heavy atom. The molecule has 2 atom stereocenters. The van der Waals surface area contributed by atoms with E-state index in [0.717, 1.165) is 4.90 Å². The van der Waals surface area contributed by atoms with Gasteiger partial charge in [-0.25, -0.2) is 0 Å². The molecular formula is C13H19Cl2NOS. The van der Waals surface area contributed by atoms with Crippen molar-refractivity contribution in [1.82, 2.24) is 0 Å². The molecule has 0 fully saturated rings. The highest BCUT2D eigenvalue weighted by atomic mass is 35.5. The Kier molecular flexibility index (Phi) is 5.81. The largest absolute Gasteiger partial charge is 0.395 e. The molecule has 0 saturated carbocycles. The van der Waals surface area contributed by atoms with E-state index < -0.39 is 0 Å². The number of benzene rings is 1. The molecule has 0 aromatic heterocycles. The van der Waals surface area contributed by atoms with E-state index in [-0.39, 0.29) is 23.3 Å². The van der Waals surface area contributed by atoms with Crippen LogP contribution in [0.3, 0.4) is 0 Å². The first-order valence-corrected chi connectivity index (χ1v) is 7.37. The van der Waals surface area contributed by atoms with Crippen LogP contribution in [0.4, 0.5) is 0 Å². The standard InChI is InChI=1S/C13H19Cl2NOS/c1-13(2,3)12(16)11(7-17)18-8-4-5-9(14)10(15)6-8/h4-6,11-12,17H,7,16H2,1-3H3. The van der Waals surface area contributed by atoms with Crippen molar-refractivity contribution in [3.8, 4) is 0 Å². The van der Waals surface area contributed by atoms with Gasteiger partial charge in [0, 0.05) is 16.2 Å². The summed E-state index contributed by atoms with van der Waals surface area (Å²) in [5.41, 5.74) is 6.12. The average molecular weight is 308 g/mol. The average Bonchev–Trinajstić information content (AvgIpc) is 2.28. The summed E-state index contributed by atoms with van der Waals surface area (Å²) < 4.78 is 0. The van der Waals surface area contributed by atoms with E-state index in [9.17, 15) is 5.11 Å². The smallest absolute Gasteiger partial charge is 0.0603 e. The van der Waals surface area contributed by atoms with E-state index in [0.29, 0.717) is 10.0 Å². The molecule has 1 aromatic carbocycles. The van der Waals surface area contributed by atoms with E-state index in [1.807, 2.05) is 6.07 Å². The molecule has 0 aliphatic rings. The number of rotatable bonds is 4. The Morgan fingerprint density at radius 3 is 2.33 bits per heavy atom. The molecule has 102 valence electrons. The van der Waals surface area contributed by atoms with Gasteiger partial charge in [-0.1, -0.05) is 44.0 Å². The highest BCUT2D eigenvalue weighted by molar-refractivity contribution is 8.00. The van der Waals surface area contributed by atoms with E-state index in [4.69, 9.17) is 28.9 Å². The molecule has 0 aliphatic carbocycles. The number of hydrogen-bond acceptors (Lipinski definition) is 3. The molecule has 0 saturated heterocycles. The van der Waals surface area contributed by atoms with Crippen molar-refractivity contribution in [2.75, 3.05) is 6.61 Å². The fourth-order valence-electron chi connectivity index (χ4n) is 1.51. The molecule has 1 aromatic rings. The van der Waals surface area contributed by atoms with Crippen LogP contribution >= 0.6 is 35.0 Å². The van der Waals surface area contributed by atoms with Gasteiger partial charge in [-0.2, -0.15) is 0 Å². The van der Waals surface area contributed by atoms with Gasteiger partial charge in [0.1, 0.15) is 0 Å². The molecule has 0 heterocycles. The molecule has 0 amide bonds. The monoisotopic (exact) mass is 307 g/mol. The van der Waals surface area contributed by atoms with Crippen LogP contribution in [-0.4, -0.2) is 23.0 Å². The lowest BCUT2D eigenvalue weighted by molar-refractivity contribution is 0.233. The van der Waals surface area contributed by atoms with E-state index in [2.05, 4.69) is 20.8 Å². The lowest BCUT2D eigenvalue weighted by Gasteiger charge is -2.32. The van der Waals surface area contributed by atoms with Crippen LogP contribution in [0.2, 0.25) is 10.0 Å². The summed E-state index contributed by atoms with van der Waals surface area (Å²) >= 11 is 13.4. The number of aliphatic hydroxyl groups excluding tert-OH is 1. The third kappa shape index (κ3) is 4.32. The van der Waals surface area contributed by atoms with Crippen molar-refractivity contribution in [2.45, 2.75) is 37.0 Å². The number of aliphatic hydroxyl groups is 1. The van der Waals surface area contributed by atoms with Crippen LogP contribution in [0.25, 0.3) is 0 Å². The molecule has 5 heteroatoms. The summed E-state index contributed by atoms with van der Waals surface area (Å²) in [5, 5.41) is 10.5. The molecule has 0 spiro atoms. The van der Waals surface area contributed by atoms with Crippen LogP contribution in [0, 0.1) is 5.41 Å². The van der Waals surface area contributed by atoms with Crippen LogP contribution in [0.5, 0.6) is 0 Å². The zero-order valence-electron chi connectivity index (χ0n) is 10.8. The first kappa shape index (κ1) is 16.1. The van der Waals surface area contributed by atoms with E-state index in [1.165, 1.54) is 11.8 Å². The molecule has 18 heavy (non-hydrogen) atoms. The van der Waals surface area contributed by atoms with Crippen LogP contribution in [0.15, 0.2) is 23.1 Å². The number of hydrogen-bond donors (Lipinski definition) is 2. The molecule has 0 aliphatic heterocycles. The predicted molar refractivity (Wildman–Crippen MR) is 80.6 cm³/mol. The summed E-state index contributed by atoms with van der Waals surface area (Å²) in [4.78, 5) is 0.961. The maximum atomic E-state index is 9.49. The SMILES string of the molecule is CC(C)(C)C(N)C(CO)Sc1ccc(Cl)c(Cl)c1. The van der Waals surface area contributed by atoms with Crippen molar-refractivity contribution in [2.24, 2.45) is 11.1 Å². The Hall–Kier alpha value is 0.0700. The van der Waals surface area contributed by atoms with Gasteiger partial charge in [-0.15, -0.1) is 11.8 Å². The minimum atomic E-state index is -0.109. The third-order valence-corrected chi connectivity index (χ3v) is 4.77. The first-order chi connectivity index (χ1) is 8.25. The summed E-state index contributed by atoms with van der Waals surface area (Å²) in [6.45, 7) is 6.23. The van der Waals surface area contributed by atoms with Crippen LogP contribution < -0.4 is 5.73 Å². The Morgan fingerprint density at radius 1 is 1.28 bits per heavy atom. The molecule has 0 bridgehead atoms. The maximum absolute atomic E-state index is 9.49. The first-order valence-electron chi connectivity index (χ1n) is 5.74. The summed E-state index contributed by atoms with van der Waals surface area (Å²) in [6.07, 6.45) is 0. The minimum Gasteiger partial charge on any atom is -0.395 e. The Labute approximate surface area is 123 Å². The maximum Gasteiger partial charge on any atom is 0.0603 e. The van der Waals surface area contributed by atoms with Gasteiger partial charge in [0.25, 0.3) is 0 Å². The third-order valence-electron chi connectivity index (χ3n) is 2.76. The lowest BCUT2D eigenvalue weighted by Crippen LogP contribution is -2.45. The normalized spacial score (nSPS) is 15.5. The lowest BCUT2D eigenvalue weighted by atomic mass is 9.85. The Bertz CT molecular complexity index is 406.